The van der Waals surface area contributed by atoms with Gasteiger partial charge in [0.2, 0.25) is 0 Å². The van der Waals surface area contributed by atoms with Crippen molar-refractivity contribution in [1.29, 1.82) is 0 Å². The lowest BCUT2D eigenvalue weighted by Gasteiger charge is -2.02. The smallest absolute Gasteiger partial charge is 0.151 e. The quantitative estimate of drug-likeness (QED) is 0.570. The third kappa shape index (κ3) is 2.74. The molecule has 0 aliphatic rings. The van der Waals surface area contributed by atoms with Crippen molar-refractivity contribution < 1.29 is 0 Å². The van der Waals surface area contributed by atoms with Gasteiger partial charge in [-0.1, -0.05) is 36.0 Å². The average Bonchev–Trinajstić information content (AvgIpc) is 2.79. The number of aryl methyl sites for hydroxylation is 1. The fourth-order valence-electron chi connectivity index (χ4n) is 1.89. The SMILES string of the molecule is Cc1ccccc1CSc1nc2ccc(N)cc2s1. The summed E-state index contributed by atoms with van der Waals surface area (Å²) in [6, 6.07) is 14.4. The Kier molecular flexibility index (Phi) is 3.44. The first-order valence-corrected chi connectivity index (χ1v) is 7.86. The van der Waals surface area contributed by atoms with Crippen molar-refractivity contribution in [2.75, 3.05) is 5.73 Å². The monoisotopic (exact) mass is 286 g/mol. The summed E-state index contributed by atoms with van der Waals surface area (Å²) in [5.41, 5.74) is 10.3. The molecular formula is C15H14N2S2. The van der Waals surface area contributed by atoms with Gasteiger partial charge in [0.05, 0.1) is 10.2 Å². The van der Waals surface area contributed by atoms with Crippen molar-refractivity contribution in [1.82, 2.24) is 4.98 Å². The highest BCUT2D eigenvalue weighted by atomic mass is 32.2. The number of nitrogens with zero attached hydrogens (tertiary/aromatic N) is 1. The second kappa shape index (κ2) is 5.23. The maximum Gasteiger partial charge on any atom is 0.151 e. The van der Waals surface area contributed by atoms with Gasteiger partial charge < -0.3 is 5.73 Å². The Labute approximate surface area is 120 Å². The van der Waals surface area contributed by atoms with E-state index in [0.717, 1.165) is 26.0 Å². The first kappa shape index (κ1) is 12.5. The summed E-state index contributed by atoms with van der Waals surface area (Å²) >= 11 is 3.49. The molecule has 0 aliphatic carbocycles. The van der Waals surface area contributed by atoms with Crippen molar-refractivity contribution >= 4 is 39.0 Å². The second-order valence-corrected chi connectivity index (χ2v) is 6.68. The molecule has 0 unspecified atom stereocenters. The number of nitrogens with two attached hydrogens (primary N) is 1. The van der Waals surface area contributed by atoms with Gasteiger partial charge in [-0.15, -0.1) is 11.3 Å². The zero-order valence-corrected chi connectivity index (χ0v) is 12.2. The lowest BCUT2D eigenvalue weighted by Crippen LogP contribution is -1.84. The van der Waals surface area contributed by atoms with Crippen LogP contribution in [0.15, 0.2) is 46.8 Å². The predicted molar refractivity (Wildman–Crippen MR) is 84.8 cm³/mol. The van der Waals surface area contributed by atoms with Gasteiger partial charge >= 0.3 is 0 Å². The molecule has 1 aromatic heterocycles. The number of nitrogen functional groups attached to an aromatic ring is 1. The molecule has 1 heterocycles. The molecule has 0 spiro atoms. The topological polar surface area (TPSA) is 38.9 Å². The average molecular weight is 286 g/mol. The van der Waals surface area contributed by atoms with Crippen LogP contribution in [0.4, 0.5) is 5.69 Å². The molecule has 3 rings (SSSR count). The van der Waals surface area contributed by atoms with Crippen LogP contribution in [0.25, 0.3) is 10.2 Å². The standard InChI is InChI=1S/C15H14N2S2/c1-10-4-2-3-5-11(10)9-18-15-17-13-7-6-12(16)8-14(13)19-15/h2-8H,9,16H2,1H3. The number of anilines is 1. The lowest BCUT2D eigenvalue weighted by molar-refractivity contribution is 1.27. The molecule has 0 saturated heterocycles. The molecule has 3 aromatic rings. The highest BCUT2D eigenvalue weighted by Gasteiger charge is 2.06. The van der Waals surface area contributed by atoms with Gasteiger partial charge in [0, 0.05) is 11.4 Å². The van der Waals surface area contributed by atoms with Crippen LogP contribution in [-0.2, 0) is 5.75 Å². The highest BCUT2D eigenvalue weighted by Crippen LogP contribution is 2.32. The Morgan fingerprint density at radius 3 is 2.89 bits per heavy atom. The second-order valence-electron chi connectivity index (χ2n) is 4.42. The molecule has 2 aromatic carbocycles. The molecule has 0 amide bonds. The normalized spacial score (nSPS) is 11.0. The maximum absolute atomic E-state index is 5.79. The first-order valence-electron chi connectivity index (χ1n) is 6.06. The van der Waals surface area contributed by atoms with E-state index >= 15 is 0 Å². The molecule has 19 heavy (non-hydrogen) atoms. The van der Waals surface area contributed by atoms with E-state index in [1.54, 1.807) is 23.1 Å². The van der Waals surface area contributed by atoms with Crippen LogP contribution in [-0.4, -0.2) is 4.98 Å². The maximum atomic E-state index is 5.79. The van der Waals surface area contributed by atoms with E-state index < -0.39 is 0 Å². The summed E-state index contributed by atoms with van der Waals surface area (Å²) in [6.45, 7) is 2.15. The van der Waals surface area contributed by atoms with Crippen LogP contribution >= 0.6 is 23.1 Å². The molecule has 4 heteroatoms. The van der Waals surface area contributed by atoms with Gasteiger partial charge in [0.25, 0.3) is 0 Å². The summed E-state index contributed by atoms with van der Waals surface area (Å²) in [5, 5.41) is 0. The lowest BCUT2D eigenvalue weighted by atomic mass is 10.1. The number of hydrogen-bond donors (Lipinski definition) is 1. The van der Waals surface area contributed by atoms with Gasteiger partial charge in [-0.2, -0.15) is 0 Å². The van der Waals surface area contributed by atoms with Crippen LogP contribution in [0.3, 0.4) is 0 Å². The Bertz CT molecular complexity index is 719. The van der Waals surface area contributed by atoms with E-state index in [4.69, 9.17) is 5.73 Å². The Morgan fingerprint density at radius 2 is 2.05 bits per heavy atom. The zero-order chi connectivity index (χ0) is 13.2. The van der Waals surface area contributed by atoms with Crippen LogP contribution in [0.1, 0.15) is 11.1 Å². The van der Waals surface area contributed by atoms with Crippen molar-refractivity contribution in [3.63, 3.8) is 0 Å². The molecule has 0 saturated carbocycles. The Hall–Kier alpha value is -1.52. The van der Waals surface area contributed by atoms with Crippen LogP contribution in [0.2, 0.25) is 0 Å². The Morgan fingerprint density at radius 1 is 1.21 bits per heavy atom. The molecular weight excluding hydrogens is 272 g/mol. The van der Waals surface area contributed by atoms with E-state index in [1.165, 1.54) is 11.1 Å². The Balaban J connectivity index is 1.80. The first-order chi connectivity index (χ1) is 9.22. The van der Waals surface area contributed by atoms with Crippen molar-refractivity contribution in [2.45, 2.75) is 17.0 Å². The molecule has 2 nitrogen and oxygen atoms in total. The largest absolute Gasteiger partial charge is 0.399 e. The number of benzene rings is 2. The van der Waals surface area contributed by atoms with E-state index in [1.807, 2.05) is 18.2 Å². The number of thiazole rings is 1. The number of fused-ring (bicyclic) bond motifs is 1. The third-order valence-electron chi connectivity index (χ3n) is 3.01. The van der Waals surface area contributed by atoms with Crippen molar-refractivity contribution in [2.24, 2.45) is 0 Å². The van der Waals surface area contributed by atoms with Crippen molar-refractivity contribution in [3.05, 3.63) is 53.6 Å². The van der Waals surface area contributed by atoms with Crippen LogP contribution in [0.5, 0.6) is 0 Å². The number of hydrogen-bond acceptors (Lipinski definition) is 4. The highest BCUT2D eigenvalue weighted by molar-refractivity contribution is 8.00. The third-order valence-corrected chi connectivity index (χ3v) is 5.22. The minimum Gasteiger partial charge on any atom is -0.399 e. The summed E-state index contributed by atoms with van der Waals surface area (Å²) < 4.78 is 2.26. The predicted octanol–water partition coefficient (Wildman–Crippen LogP) is 4.48. The molecule has 0 aliphatic heterocycles. The van der Waals surface area contributed by atoms with Crippen molar-refractivity contribution in [3.8, 4) is 0 Å². The number of aromatic nitrogens is 1. The fraction of sp³-hybridized carbons (Fsp3) is 0.133. The summed E-state index contributed by atoms with van der Waals surface area (Å²) in [4.78, 5) is 4.62. The van der Waals surface area contributed by atoms with Gasteiger partial charge in [-0.25, -0.2) is 4.98 Å². The van der Waals surface area contributed by atoms with E-state index in [-0.39, 0.29) is 0 Å². The molecule has 96 valence electrons. The van der Waals surface area contributed by atoms with Crippen LogP contribution < -0.4 is 5.73 Å². The van der Waals surface area contributed by atoms with Gasteiger partial charge in [0.1, 0.15) is 0 Å². The summed E-state index contributed by atoms with van der Waals surface area (Å²) in [7, 11) is 0. The fourth-order valence-corrected chi connectivity index (χ4v) is 4.09. The van der Waals surface area contributed by atoms with Gasteiger partial charge in [-0.05, 0) is 36.2 Å². The minimum atomic E-state index is 0.798. The van der Waals surface area contributed by atoms with E-state index in [2.05, 4.69) is 36.2 Å². The zero-order valence-electron chi connectivity index (χ0n) is 10.6. The molecule has 0 bridgehead atoms. The summed E-state index contributed by atoms with van der Waals surface area (Å²) in [6.07, 6.45) is 0. The minimum absolute atomic E-state index is 0.798. The van der Waals surface area contributed by atoms with Gasteiger partial charge in [0.15, 0.2) is 4.34 Å². The van der Waals surface area contributed by atoms with Gasteiger partial charge in [-0.3, -0.25) is 0 Å². The van der Waals surface area contributed by atoms with E-state index in [0.29, 0.717) is 0 Å². The number of rotatable bonds is 3. The van der Waals surface area contributed by atoms with Crippen LogP contribution in [0, 0.1) is 6.92 Å². The molecule has 0 atom stereocenters. The number of thioether (sulfide) groups is 1. The molecule has 0 fully saturated rings. The van der Waals surface area contributed by atoms with E-state index in [9.17, 15) is 0 Å². The summed E-state index contributed by atoms with van der Waals surface area (Å²) in [5.74, 6) is 0.960. The molecule has 0 radical (unpaired) electrons. The molecule has 2 N–H and O–H groups in total.